The Hall–Kier alpha value is -1.99. The van der Waals surface area contributed by atoms with Crippen LogP contribution in [-0.4, -0.2) is 4.57 Å². The Morgan fingerprint density at radius 1 is 1.08 bits per heavy atom. The fourth-order valence-electron chi connectivity index (χ4n) is 2.40. The van der Waals surface area contributed by atoms with E-state index in [1.165, 1.54) is 0 Å². The fourth-order valence-corrected chi connectivity index (χ4v) is 3.30. The summed E-state index contributed by atoms with van der Waals surface area (Å²) in [7, 11) is 0. The normalized spacial score (nSPS) is 11.3. The van der Waals surface area contributed by atoms with Crippen LogP contribution in [0.4, 0.5) is 0 Å². The molecule has 0 saturated carbocycles. The number of allylic oxidation sites excluding steroid dienone is 1. The molecule has 0 spiro atoms. The molecule has 24 heavy (non-hydrogen) atoms. The van der Waals surface area contributed by atoms with Gasteiger partial charge in [0.05, 0.1) is 16.7 Å². The van der Waals surface area contributed by atoms with E-state index in [2.05, 4.69) is 22.0 Å². The van der Waals surface area contributed by atoms with Crippen molar-refractivity contribution >= 4 is 50.8 Å². The number of nitrogens with zero attached hydrogens (tertiary/aromatic N) is 2. The highest BCUT2D eigenvalue weighted by Crippen LogP contribution is 2.29. The van der Waals surface area contributed by atoms with Crippen molar-refractivity contribution in [3.63, 3.8) is 0 Å². The molecule has 2 aromatic carbocycles. The smallest absolute Gasteiger partial charge is 0.0999 e. The number of rotatable bonds is 3. The van der Waals surface area contributed by atoms with Crippen molar-refractivity contribution in [2.24, 2.45) is 0 Å². The molecular weight excluding hydrogens is 407 g/mol. The van der Waals surface area contributed by atoms with Crippen LogP contribution in [0, 0.1) is 11.3 Å². The number of hydrogen-bond acceptors (Lipinski definition) is 1. The average molecular weight is 418 g/mol. The van der Waals surface area contributed by atoms with Gasteiger partial charge in [-0.1, -0.05) is 51.3 Å². The van der Waals surface area contributed by atoms with Crippen LogP contribution in [0.3, 0.4) is 0 Å². The average Bonchev–Trinajstić information content (AvgIpc) is 3.01. The number of halogens is 3. The van der Waals surface area contributed by atoms with Gasteiger partial charge in [-0.3, -0.25) is 0 Å². The van der Waals surface area contributed by atoms with Crippen LogP contribution in [-0.2, 0) is 0 Å². The Balaban J connectivity index is 2.08. The predicted octanol–water partition coefficient (Wildman–Crippen LogP) is 6.61. The second-order valence-corrected chi connectivity index (χ2v) is 6.84. The maximum atomic E-state index is 9.55. The Morgan fingerprint density at radius 2 is 1.92 bits per heavy atom. The summed E-state index contributed by atoms with van der Waals surface area (Å²) < 4.78 is 3.00. The quantitative estimate of drug-likeness (QED) is 0.440. The first-order chi connectivity index (χ1) is 11.6. The van der Waals surface area contributed by atoms with Gasteiger partial charge in [0, 0.05) is 32.6 Å². The maximum Gasteiger partial charge on any atom is 0.0999 e. The zero-order valence-electron chi connectivity index (χ0n) is 12.4. The minimum atomic E-state index is 0.455. The van der Waals surface area contributed by atoms with Gasteiger partial charge in [-0.05, 0) is 48.5 Å². The highest BCUT2D eigenvalue weighted by atomic mass is 79.9. The SMILES string of the molecule is N#C/C(=C/c1cccn1-c1cccc(Br)c1)c1ccc(Cl)cc1Cl. The molecule has 0 amide bonds. The molecule has 3 aromatic rings. The van der Waals surface area contributed by atoms with Crippen LogP contribution in [0.5, 0.6) is 0 Å². The minimum absolute atomic E-state index is 0.455. The number of hydrogen-bond donors (Lipinski definition) is 0. The second-order valence-electron chi connectivity index (χ2n) is 5.08. The van der Waals surface area contributed by atoms with Gasteiger partial charge in [0.1, 0.15) is 0 Å². The number of aromatic nitrogens is 1. The van der Waals surface area contributed by atoms with E-state index in [0.29, 0.717) is 21.2 Å². The molecule has 5 heteroatoms. The largest absolute Gasteiger partial charge is 0.317 e. The molecule has 118 valence electrons. The summed E-state index contributed by atoms with van der Waals surface area (Å²) in [6.07, 6.45) is 3.77. The van der Waals surface area contributed by atoms with Crippen LogP contribution < -0.4 is 0 Å². The first-order valence-corrected chi connectivity index (χ1v) is 8.64. The predicted molar refractivity (Wildman–Crippen MR) is 103 cm³/mol. The van der Waals surface area contributed by atoms with Gasteiger partial charge in [0.2, 0.25) is 0 Å². The number of nitriles is 1. The molecule has 0 aliphatic rings. The summed E-state index contributed by atoms with van der Waals surface area (Å²) in [6, 6.07) is 19.2. The van der Waals surface area contributed by atoms with E-state index in [0.717, 1.165) is 15.9 Å². The molecule has 0 fully saturated rings. The topological polar surface area (TPSA) is 28.7 Å². The Labute approximate surface area is 158 Å². The van der Waals surface area contributed by atoms with Crippen molar-refractivity contribution in [3.8, 4) is 11.8 Å². The molecule has 0 saturated heterocycles. The van der Waals surface area contributed by atoms with E-state index in [4.69, 9.17) is 23.2 Å². The fraction of sp³-hybridized carbons (Fsp3) is 0. The molecule has 2 nitrogen and oxygen atoms in total. The van der Waals surface area contributed by atoms with Crippen molar-refractivity contribution < 1.29 is 0 Å². The Morgan fingerprint density at radius 3 is 2.62 bits per heavy atom. The highest BCUT2D eigenvalue weighted by molar-refractivity contribution is 9.10. The van der Waals surface area contributed by atoms with Crippen molar-refractivity contribution in [2.45, 2.75) is 0 Å². The van der Waals surface area contributed by atoms with Crippen molar-refractivity contribution in [1.82, 2.24) is 4.57 Å². The first-order valence-electron chi connectivity index (χ1n) is 7.09. The molecule has 0 unspecified atom stereocenters. The summed E-state index contributed by atoms with van der Waals surface area (Å²) in [5.41, 5.74) is 3.02. The molecule has 0 atom stereocenters. The summed E-state index contributed by atoms with van der Waals surface area (Å²) in [4.78, 5) is 0. The molecule has 1 aromatic heterocycles. The molecule has 0 N–H and O–H groups in total. The van der Waals surface area contributed by atoms with Gasteiger partial charge in [0.25, 0.3) is 0 Å². The standard InChI is InChI=1S/C19H11BrCl2N2/c20-14-3-1-4-17(10-14)24-8-2-5-16(24)9-13(12-23)18-7-6-15(21)11-19(18)22/h1-11H/b13-9-. The molecule has 0 aliphatic heterocycles. The van der Waals surface area contributed by atoms with E-state index in [1.807, 2.05) is 53.2 Å². The monoisotopic (exact) mass is 416 g/mol. The third kappa shape index (κ3) is 3.57. The van der Waals surface area contributed by atoms with E-state index in [9.17, 15) is 5.26 Å². The lowest BCUT2D eigenvalue weighted by Crippen LogP contribution is -1.95. The van der Waals surface area contributed by atoms with Gasteiger partial charge in [-0.2, -0.15) is 5.26 Å². The molecule has 1 heterocycles. The van der Waals surface area contributed by atoms with Gasteiger partial charge >= 0.3 is 0 Å². The van der Waals surface area contributed by atoms with Crippen LogP contribution in [0.2, 0.25) is 10.0 Å². The van der Waals surface area contributed by atoms with Crippen LogP contribution in [0.1, 0.15) is 11.3 Å². The van der Waals surface area contributed by atoms with Crippen LogP contribution in [0.15, 0.2) is 65.3 Å². The van der Waals surface area contributed by atoms with Gasteiger partial charge in [-0.25, -0.2) is 0 Å². The highest BCUT2D eigenvalue weighted by Gasteiger charge is 2.09. The molecular formula is C19H11BrCl2N2. The Bertz CT molecular complexity index is 967. The molecule has 0 aliphatic carbocycles. The lowest BCUT2D eigenvalue weighted by molar-refractivity contribution is 1.06. The third-order valence-electron chi connectivity index (χ3n) is 3.50. The lowest BCUT2D eigenvalue weighted by atomic mass is 10.1. The zero-order chi connectivity index (χ0) is 17.1. The molecule has 0 radical (unpaired) electrons. The molecule has 0 bridgehead atoms. The van der Waals surface area contributed by atoms with E-state index in [1.54, 1.807) is 18.2 Å². The maximum absolute atomic E-state index is 9.55. The van der Waals surface area contributed by atoms with Crippen molar-refractivity contribution in [2.75, 3.05) is 0 Å². The third-order valence-corrected chi connectivity index (χ3v) is 4.54. The molecule has 3 rings (SSSR count). The van der Waals surface area contributed by atoms with Gasteiger partial charge in [-0.15, -0.1) is 0 Å². The lowest BCUT2D eigenvalue weighted by Gasteiger charge is -2.08. The van der Waals surface area contributed by atoms with E-state index < -0.39 is 0 Å². The first kappa shape index (κ1) is 16.9. The second kappa shape index (κ2) is 7.27. The van der Waals surface area contributed by atoms with E-state index in [-0.39, 0.29) is 0 Å². The van der Waals surface area contributed by atoms with Crippen molar-refractivity contribution in [3.05, 3.63) is 86.6 Å². The number of benzene rings is 2. The van der Waals surface area contributed by atoms with Crippen LogP contribution >= 0.6 is 39.1 Å². The van der Waals surface area contributed by atoms with E-state index >= 15 is 0 Å². The summed E-state index contributed by atoms with van der Waals surface area (Å²) in [5, 5.41) is 10.5. The Kier molecular flexibility index (Phi) is 5.11. The minimum Gasteiger partial charge on any atom is -0.317 e. The van der Waals surface area contributed by atoms with Crippen molar-refractivity contribution in [1.29, 1.82) is 5.26 Å². The van der Waals surface area contributed by atoms with Crippen LogP contribution in [0.25, 0.3) is 17.3 Å². The summed E-state index contributed by atoms with van der Waals surface area (Å²) in [5.74, 6) is 0. The summed E-state index contributed by atoms with van der Waals surface area (Å²) in [6.45, 7) is 0. The van der Waals surface area contributed by atoms with Gasteiger partial charge < -0.3 is 4.57 Å². The zero-order valence-corrected chi connectivity index (χ0v) is 15.5. The van der Waals surface area contributed by atoms with Gasteiger partial charge in [0.15, 0.2) is 0 Å². The summed E-state index contributed by atoms with van der Waals surface area (Å²) >= 11 is 15.6.